The first kappa shape index (κ1) is 14.9. The molecule has 2 heterocycles. The fourth-order valence-electron chi connectivity index (χ4n) is 2.50. The summed E-state index contributed by atoms with van der Waals surface area (Å²) in [5.74, 6) is 0.879. The average molecular weight is 315 g/mol. The summed E-state index contributed by atoms with van der Waals surface area (Å²) in [6.07, 6.45) is 0. The predicted octanol–water partition coefficient (Wildman–Crippen LogP) is 2.23. The van der Waals surface area contributed by atoms with Crippen LogP contribution in [0, 0.1) is 25.2 Å². The van der Waals surface area contributed by atoms with Crippen molar-refractivity contribution in [3.8, 4) is 17.7 Å². The summed E-state index contributed by atoms with van der Waals surface area (Å²) in [4.78, 5) is 4.23. The van der Waals surface area contributed by atoms with E-state index in [1.54, 1.807) is 19.1 Å². The summed E-state index contributed by atoms with van der Waals surface area (Å²) in [6, 6.07) is 7.12. The van der Waals surface area contributed by atoms with Gasteiger partial charge in [-0.25, -0.2) is 4.98 Å². The number of aryl methyl sites for hydroxylation is 2. The van der Waals surface area contributed by atoms with Crippen LogP contribution in [0.25, 0.3) is 0 Å². The number of fused-ring (bicyclic) bond motifs is 1. The van der Waals surface area contributed by atoms with Crippen molar-refractivity contribution >= 4 is 24.2 Å². The summed E-state index contributed by atoms with van der Waals surface area (Å²) in [5, 5.41) is 19.2. The van der Waals surface area contributed by atoms with Gasteiger partial charge in [0.15, 0.2) is 0 Å². The molecule has 0 bridgehead atoms. The largest absolute Gasteiger partial charge is 0.492 e. The molecule has 0 amide bonds. The molecule has 7 heteroatoms. The smallest absolute Gasteiger partial charge is 0.439 e. The number of nitrogens with zero attached hydrogens (tertiary/aromatic N) is 2. The van der Waals surface area contributed by atoms with Crippen molar-refractivity contribution in [3.63, 3.8) is 0 Å². The molecule has 0 spiro atoms. The van der Waals surface area contributed by atoms with E-state index in [2.05, 4.69) is 4.98 Å². The third kappa shape index (κ3) is 2.55. The van der Waals surface area contributed by atoms with Crippen molar-refractivity contribution in [2.75, 3.05) is 0 Å². The number of aromatic nitrogens is 1. The molecule has 0 unspecified atom stereocenters. The van der Waals surface area contributed by atoms with Gasteiger partial charge in [-0.2, -0.15) is 5.26 Å². The Bertz CT molecular complexity index is 804. The number of nitriles is 1. The molecule has 5 nitrogen and oxygen atoms in total. The second-order valence-corrected chi connectivity index (χ2v) is 5.48. The molecule has 1 aliphatic rings. The van der Waals surface area contributed by atoms with E-state index in [-0.39, 0.29) is 0 Å². The minimum Gasteiger partial charge on any atom is -0.439 e. The molecule has 22 heavy (non-hydrogen) atoms. The van der Waals surface area contributed by atoms with E-state index in [1.807, 2.05) is 13.0 Å². The lowest BCUT2D eigenvalue weighted by atomic mass is 9.76. The number of rotatable bonds is 2. The maximum absolute atomic E-state index is 9.75. The Kier molecular flexibility index (Phi) is 3.79. The van der Waals surface area contributed by atoms with Crippen LogP contribution in [0.4, 0.5) is 0 Å². The molecule has 0 fully saturated rings. The standard InChI is InChI=1S/C15H12BClN2O3/c1-8-3-12(4-11-7-21-16(20)14(8)11)22-13-5-10(6-18)15(17)9(2)19-13/h3-5,20H,7H2,1-2H3. The van der Waals surface area contributed by atoms with Crippen molar-refractivity contribution in [3.05, 3.63) is 45.6 Å². The lowest BCUT2D eigenvalue weighted by Gasteiger charge is -2.10. The molecule has 0 atom stereocenters. The van der Waals surface area contributed by atoms with Gasteiger partial charge in [0.1, 0.15) is 11.8 Å². The van der Waals surface area contributed by atoms with Crippen molar-refractivity contribution in [2.24, 2.45) is 0 Å². The third-order valence-electron chi connectivity index (χ3n) is 3.53. The predicted molar refractivity (Wildman–Crippen MR) is 82.3 cm³/mol. The molecule has 2 aromatic rings. The highest BCUT2D eigenvalue weighted by Gasteiger charge is 2.29. The molecule has 1 aromatic carbocycles. The fraction of sp³-hybridized carbons (Fsp3) is 0.200. The van der Waals surface area contributed by atoms with Gasteiger partial charge in [-0.05, 0) is 42.6 Å². The van der Waals surface area contributed by atoms with Crippen LogP contribution in [0.2, 0.25) is 5.02 Å². The van der Waals surface area contributed by atoms with Gasteiger partial charge in [-0.1, -0.05) is 11.6 Å². The molecular weight excluding hydrogens is 302 g/mol. The molecule has 3 rings (SSSR count). The Morgan fingerprint density at radius 2 is 2.18 bits per heavy atom. The molecule has 0 radical (unpaired) electrons. The number of ether oxygens (including phenoxy) is 1. The first-order valence-electron chi connectivity index (χ1n) is 6.67. The van der Waals surface area contributed by atoms with E-state index in [4.69, 9.17) is 26.3 Å². The van der Waals surface area contributed by atoms with Gasteiger partial charge in [0.05, 0.1) is 22.9 Å². The lowest BCUT2D eigenvalue weighted by Crippen LogP contribution is -2.30. The number of hydrogen-bond donors (Lipinski definition) is 1. The van der Waals surface area contributed by atoms with E-state index >= 15 is 0 Å². The second kappa shape index (κ2) is 5.62. The Balaban J connectivity index is 1.97. The Labute approximate surface area is 133 Å². The minimum absolute atomic E-state index is 0.303. The van der Waals surface area contributed by atoms with Gasteiger partial charge in [-0.15, -0.1) is 0 Å². The molecule has 110 valence electrons. The SMILES string of the molecule is Cc1cc(Oc2cc(C#N)c(Cl)c(C)n2)cc2c1B(O)OC2. The number of pyridine rings is 1. The van der Waals surface area contributed by atoms with Crippen LogP contribution in [0.1, 0.15) is 22.4 Å². The zero-order valence-corrected chi connectivity index (χ0v) is 12.8. The summed E-state index contributed by atoms with van der Waals surface area (Å²) in [6.45, 7) is 3.93. The van der Waals surface area contributed by atoms with Crippen LogP contribution in [-0.2, 0) is 11.3 Å². The highest BCUT2D eigenvalue weighted by Crippen LogP contribution is 2.28. The van der Waals surface area contributed by atoms with Crippen LogP contribution in [-0.4, -0.2) is 17.1 Å². The quantitative estimate of drug-likeness (QED) is 0.860. The zero-order valence-electron chi connectivity index (χ0n) is 12.1. The van der Waals surface area contributed by atoms with Crippen molar-refractivity contribution in [1.82, 2.24) is 4.98 Å². The molecule has 1 N–H and O–H groups in total. The molecule has 1 aliphatic heterocycles. The van der Waals surface area contributed by atoms with Crippen LogP contribution < -0.4 is 10.2 Å². The maximum Gasteiger partial charge on any atom is 0.492 e. The fourth-order valence-corrected chi connectivity index (χ4v) is 2.64. The van der Waals surface area contributed by atoms with Gasteiger partial charge < -0.3 is 14.4 Å². The summed E-state index contributed by atoms with van der Waals surface area (Å²) >= 11 is 6.00. The number of benzene rings is 1. The van der Waals surface area contributed by atoms with Gasteiger partial charge >= 0.3 is 7.12 Å². The highest BCUT2D eigenvalue weighted by atomic mass is 35.5. The number of halogens is 1. The van der Waals surface area contributed by atoms with E-state index in [9.17, 15) is 5.02 Å². The van der Waals surface area contributed by atoms with Gasteiger partial charge in [0.2, 0.25) is 5.88 Å². The molecule has 0 saturated carbocycles. The summed E-state index contributed by atoms with van der Waals surface area (Å²) in [7, 11) is -0.884. The van der Waals surface area contributed by atoms with Crippen LogP contribution >= 0.6 is 11.6 Å². The maximum atomic E-state index is 9.75. The third-order valence-corrected chi connectivity index (χ3v) is 4.01. The Morgan fingerprint density at radius 1 is 1.41 bits per heavy atom. The van der Waals surface area contributed by atoms with Gasteiger partial charge in [0, 0.05) is 6.07 Å². The van der Waals surface area contributed by atoms with E-state index in [0.717, 1.165) is 16.6 Å². The summed E-state index contributed by atoms with van der Waals surface area (Å²) < 4.78 is 10.9. The molecule has 0 aliphatic carbocycles. The van der Waals surface area contributed by atoms with Gasteiger partial charge in [-0.3, -0.25) is 0 Å². The van der Waals surface area contributed by atoms with Crippen molar-refractivity contribution < 1.29 is 14.4 Å². The minimum atomic E-state index is -0.884. The van der Waals surface area contributed by atoms with Crippen LogP contribution in [0.3, 0.4) is 0 Å². The first-order valence-corrected chi connectivity index (χ1v) is 7.05. The van der Waals surface area contributed by atoms with Crippen molar-refractivity contribution in [2.45, 2.75) is 20.5 Å². The van der Waals surface area contributed by atoms with Crippen molar-refractivity contribution in [1.29, 1.82) is 5.26 Å². The molecular formula is C15H12BClN2O3. The van der Waals surface area contributed by atoms with Gasteiger partial charge in [0.25, 0.3) is 0 Å². The normalized spacial score (nSPS) is 13.0. The first-order chi connectivity index (χ1) is 10.5. The Hall–Kier alpha value is -2.07. The monoisotopic (exact) mass is 314 g/mol. The average Bonchev–Trinajstić information content (AvgIpc) is 2.84. The van der Waals surface area contributed by atoms with Crippen LogP contribution in [0.15, 0.2) is 18.2 Å². The zero-order chi connectivity index (χ0) is 15.9. The second-order valence-electron chi connectivity index (χ2n) is 5.10. The molecule has 1 aromatic heterocycles. The topological polar surface area (TPSA) is 75.4 Å². The van der Waals surface area contributed by atoms with E-state index in [0.29, 0.717) is 34.5 Å². The Morgan fingerprint density at radius 3 is 2.91 bits per heavy atom. The van der Waals surface area contributed by atoms with E-state index in [1.165, 1.54) is 6.07 Å². The summed E-state index contributed by atoms with van der Waals surface area (Å²) in [5.41, 5.74) is 3.40. The molecule has 0 saturated heterocycles. The number of hydrogen-bond acceptors (Lipinski definition) is 5. The van der Waals surface area contributed by atoms with E-state index < -0.39 is 7.12 Å². The van der Waals surface area contributed by atoms with Crippen LogP contribution in [0.5, 0.6) is 11.6 Å². The highest BCUT2D eigenvalue weighted by molar-refractivity contribution is 6.62. The lowest BCUT2D eigenvalue weighted by molar-refractivity contribution is 0.275.